The van der Waals surface area contributed by atoms with Crippen molar-refractivity contribution in [2.24, 2.45) is 0 Å². The lowest BCUT2D eigenvalue weighted by Gasteiger charge is -2.19. The van der Waals surface area contributed by atoms with Crippen LogP contribution in [0.2, 0.25) is 0 Å². The van der Waals surface area contributed by atoms with E-state index in [1.54, 1.807) is 12.1 Å². The Morgan fingerprint density at radius 2 is 1.48 bits per heavy atom. The van der Waals surface area contributed by atoms with Crippen molar-refractivity contribution in [1.82, 2.24) is 5.32 Å². The fourth-order valence-corrected chi connectivity index (χ4v) is 2.65. The maximum atomic E-state index is 9.37. The molecule has 0 heterocycles. The fraction of sp³-hybridized carbons (Fsp3) is 0.333. The molecule has 3 heteroatoms. The van der Waals surface area contributed by atoms with Gasteiger partial charge in [-0.1, -0.05) is 47.1 Å². The largest absolute Gasteiger partial charge is 0.508 e. The van der Waals surface area contributed by atoms with Gasteiger partial charge in [0.15, 0.2) is 0 Å². The molecule has 2 nitrogen and oxygen atoms in total. The zero-order chi connectivity index (χ0) is 15.1. The van der Waals surface area contributed by atoms with Crippen LogP contribution in [0.5, 0.6) is 5.75 Å². The summed E-state index contributed by atoms with van der Waals surface area (Å²) >= 11 is 3.47. The lowest BCUT2D eigenvalue weighted by molar-refractivity contribution is 0.474. The Hall–Kier alpha value is -1.32. The summed E-state index contributed by atoms with van der Waals surface area (Å²) in [5.74, 6) is 0.324. The van der Waals surface area contributed by atoms with Crippen LogP contribution in [0, 0.1) is 0 Å². The highest BCUT2D eigenvalue weighted by molar-refractivity contribution is 9.10. The second kappa shape index (κ2) is 8.20. The summed E-state index contributed by atoms with van der Waals surface area (Å²) < 4.78 is 1.11. The van der Waals surface area contributed by atoms with Crippen LogP contribution < -0.4 is 5.32 Å². The molecule has 0 aliphatic rings. The van der Waals surface area contributed by atoms with Gasteiger partial charge in [-0.2, -0.15) is 0 Å². The molecule has 2 aromatic rings. The van der Waals surface area contributed by atoms with Crippen molar-refractivity contribution in [2.75, 3.05) is 6.54 Å². The zero-order valence-corrected chi connectivity index (χ0v) is 13.9. The molecule has 112 valence electrons. The molecule has 0 saturated heterocycles. The number of phenolic OH excluding ortho intramolecular Hbond substituents is 1. The maximum Gasteiger partial charge on any atom is 0.115 e. The average molecular weight is 348 g/mol. The van der Waals surface area contributed by atoms with Gasteiger partial charge in [-0.15, -0.1) is 0 Å². The van der Waals surface area contributed by atoms with Crippen LogP contribution >= 0.6 is 15.9 Å². The van der Waals surface area contributed by atoms with Gasteiger partial charge >= 0.3 is 0 Å². The van der Waals surface area contributed by atoms with Crippen molar-refractivity contribution in [2.45, 2.75) is 32.2 Å². The Morgan fingerprint density at radius 1 is 0.952 bits per heavy atom. The topological polar surface area (TPSA) is 32.3 Å². The molecule has 2 aromatic carbocycles. The molecule has 21 heavy (non-hydrogen) atoms. The first-order valence-corrected chi connectivity index (χ1v) is 8.22. The van der Waals surface area contributed by atoms with Crippen LogP contribution in [0.3, 0.4) is 0 Å². The molecule has 0 aromatic heterocycles. The minimum Gasteiger partial charge on any atom is -0.508 e. The standard InChI is InChI=1S/C18H22BrNO/c1-2-11-20-17(12-14-3-7-16(19)8-4-14)13-15-5-9-18(21)10-6-15/h3-10,17,20-21H,2,11-13H2,1H3. The summed E-state index contributed by atoms with van der Waals surface area (Å²) in [4.78, 5) is 0. The molecule has 0 fully saturated rings. The minimum absolute atomic E-state index is 0.324. The maximum absolute atomic E-state index is 9.37. The van der Waals surface area contributed by atoms with E-state index in [-0.39, 0.29) is 0 Å². The van der Waals surface area contributed by atoms with E-state index in [0.717, 1.165) is 30.3 Å². The molecule has 2 rings (SSSR count). The zero-order valence-electron chi connectivity index (χ0n) is 12.3. The number of rotatable bonds is 7. The molecular weight excluding hydrogens is 326 g/mol. The quantitative estimate of drug-likeness (QED) is 0.782. The molecule has 1 unspecified atom stereocenters. The van der Waals surface area contributed by atoms with E-state index < -0.39 is 0 Å². The second-order valence-corrected chi connectivity index (χ2v) is 6.27. The first-order valence-electron chi connectivity index (χ1n) is 7.43. The number of nitrogens with one attached hydrogen (secondary N) is 1. The van der Waals surface area contributed by atoms with E-state index in [0.29, 0.717) is 11.8 Å². The molecule has 0 radical (unpaired) electrons. The van der Waals surface area contributed by atoms with Gasteiger partial charge in [-0.25, -0.2) is 0 Å². The molecule has 0 aliphatic heterocycles. The van der Waals surface area contributed by atoms with Gasteiger partial charge in [0.2, 0.25) is 0 Å². The van der Waals surface area contributed by atoms with Crippen molar-refractivity contribution < 1.29 is 5.11 Å². The lowest BCUT2D eigenvalue weighted by Crippen LogP contribution is -2.33. The minimum atomic E-state index is 0.324. The van der Waals surface area contributed by atoms with Gasteiger partial charge in [0.05, 0.1) is 0 Å². The third-order valence-corrected chi connectivity index (χ3v) is 4.03. The van der Waals surface area contributed by atoms with Crippen LogP contribution in [0.25, 0.3) is 0 Å². The number of halogens is 1. The summed E-state index contributed by atoms with van der Waals surface area (Å²) in [6, 6.07) is 16.4. The van der Waals surface area contributed by atoms with Crippen molar-refractivity contribution in [1.29, 1.82) is 0 Å². The molecule has 0 spiro atoms. The highest BCUT2D eigenvalue weighted by atomic mass is 79.9. The summed E-state index contributed by atoms with van der Waals surface area (Å²) in [5.41, 5.74) is 2.59. The Bertz CT molecular complexity index is 489. The second-order valence-electron chi connectivity index (χ2n) is 5.35. The van der Waals surface area contributed by atoms with E-state index in [1.807, 2.05) is 12.1 Å². The number of benzene rings is 2. The van der Waals surface area contributed by atoms with Crippen molar-refractivity contribution in [3.05, 3.63) is 64.1 Å². The van der Waals surface area contributed by atoms with Crippen LogP contribution in [0.1, 0.15) is 24.5 Å². The van der Waals surface area contributed by atoms with Gasteiger partial charge in [-0.05, 0) is 61.2 Å². The number of hydrogen-bond acceptors (Lipinski definition) is 2. The molecule has 2 N–H and O–H groups in total. The van der Waals surface area contributed by atoms with Gasteiger partial charge in [0.25, 0.3) is 0 Å². The van der Waals surface area contributed by atoms with Gasteiger partial charge in [0, 0.05) is 10.5 Å². The van der Waals surface area contributed by atoms with Gasteiger partial charge in [0.1, 0.15) is 5.75 Å². The Balaban J connectivity index is 2.02. The van der Waals surface area contributed by atoms with Crippen LogP contribution in [-0.2, 0) is 12.8 Å². The van der Waals surface area contributed by atoms with E-state index in [4.69, 9.17) is 0 Å². The molecule has 0 saturated carbocycles. The summed E-state index contributed by atoms with van der Waals surface area (Å²) in [5, 5.41) is 13.0. The highest BCUT2D eigenvalue weighted by Gasteiger charge is 2.10. The number of phenols is 1. The average Bonchev–Trinajstić information content (AvgIpc) is 2.49. The number of hydrogen-bond donors (Lipinski definition) is 2. The van der Waals surface area contributed by atoms with Gasteiger partial charge < -0.3 is 10.4 Å². The van der Waals surface area contributed by atoms with Crippen molar-refractivity contribution in [3.8, 4) is 5.75 Å². The van der Waals surface area contributed by atoms with Crippen LogP contribution in [-0.4, -0.2) is 17.7 Å². The smallest absolute Gasteiger partial charge is 0.115 e. The van der Waals surface area contributed by atoms with E-state index in [1.165, 1.54) is 11.1 Å². The number of aromatic hydroxyl groups is 1. The summed E-state index contributed by atoms with van der Waals surface area (Å²) in [6.45, 7) is 3.21. The van der Waals surface area contributed by atoms with Crippen LogP contribution in [0.15, 0.2) is 53.0 Å². The van der Waals surface area contributed by atoms with Gasteiger partial charge in [-0.3, -0.25) is 0 Å². The Labute approximate surface area is 135 Å². The first-order chi connectivity index (χ1) is 10.2. The molecule has 0 aliphatic carbocycles. The van der Waals surface area contributed by atoms with Crippen molar-refractivity contribution in [3.63, 3.8) is 0 Å². The molecular formula is C18H22BrNO. The predicted octanol–water partition coefficient (Wildman–Crippen LogP) is 4.31. The summed E-state index contributed by atoms with van der Waals surface area (Å²) in [6.07, 6.45) is 3.11. The predicted molar refractivity (Wildman–Crippen MR) is 91.7 cm³/mol. The third-order valence-electron chi connectivity index (χ3n) is 3.50. The normalized spacial score (nSPS) is 12.3. The third kappa shape index (κ3) is 5.52. The van der Waals surface area contributed by atoms with E-state index in [2.05, 4.69) is 52.4 Å². The van der Waals surface area contributed by atoms with Crippen molar-refractivity contribution >= 4 is 15.9 Å². The first kappa shape index (κ1) is 16.1. The van der Waals surface area contributed by atoms with E-state index >= 15 is 0 Å². The summed E-state index contributed by atoms with van der Waals surface area (Å²) in [7, 11) is 0. The van der Waals surface area contributed by atoms with E-state index in [9.17, 15) is 5.11 Å². The van der Waals surface area contributed by atoms with Crippen LogP contribution in [0.4, 0.5) is 0 Å². The molecule has 0 bridgehead atoms. The molecule has 0 amide bonds. The molecule has 1 atom stereocenters. The monoisotopic (exact) mass is 347 g/mol. The highest BCUT2D eigenvalue weighted by Crippen LogP contribution is 2.15. The SMILES string of the molecule is CCCNC(Cc1ccc(O)cc1)Cc1ccc(Br)cc1. The lowest BCUT2D eigenvalue weighted by atomic mass is 9.99. The Kier molecular flexibility index (Phi) is 6.27. The Morgan fingerprint density at radius 3 is 2.00 bits per heavy atom. The fourth-order valence-electron chi connectivity index (χ4n) is 2.39.